The average Bonchev–Trinajstić information content (AvgIpc) is 2.68. The Kier molecular flexibility index (Phi) is 4.45. The third-order valence-electron chi connectivity index (χ3n) is 2.67. The van der Waals surface area contributed by atoms with Gasteiger partial charge in [0.15, 0.2) is 0 Å². The summed E-state index contributed by atoms with van der Waals surface area (Å²) in [5.74, 6) is 0.519. The first-order chi connectivity index (χ1) is 9.36. The van der Waals surface area contributed by atoms with Crippen molar-refractivity contribution >= 4 is 44.9 Å². The highest BCUT2D eigenvalue weighted by Gasteiger charge is 2.17. The van der Waals surface area contributed by atoms with Gasteiger partial charge in [-0.15, -0.1) is 11.3 Å². The number of amides is 1. The van der Waals surface area contributed by atoms with Crippen LogP contribution < -0.4 is 10.6 Å². The average molecular weight is 313 g/mol. The smallest absolute Gasteiger partial charge is 0.242 e. The number of nitrogens with one attached hydrogen (secondary N) is 2. The zero-order valence-corrected chi connectivity index (χ0v) is 13.4. The van der Waals surface area contributed by atoms with Crippen LogP contribution >= 0.6 is 22.9 Å². The maximum absolute atomic E-state index is 11.9. The number of carbonyl (C=O) groups excluding carboxylic acids is 1. The zero-order chi connectivity index (χ0) is 14.9. The molecule has 0 spiro atoms. The minimum atomic E-state index is -0.397. The highest BCUT2D eigenvalue weighted by Crippen LogP contribution is 2.29. The first kappa shape index (κ1) is 15.0. The Balaban J connectivity index is 2.26. The van der Waals surface area contributed by atoms with Gasteiger partial charge in [0.2, 0.25) is 11.2 Å². The Labute approximate surface area is 126 Å². The van der Waals surface area contributed by atoms with E-state index in [1.54, 1.807) is 18.3 Å². The lowest BCUT2D eigenvalue weighted by atomic mass is 10.2. The van der Waals surface area contributed by atoms with E-state index < -0.39 is 6.04 Å². The van der Waals surface area contributed by atoms with E-state index in [1.807, 2.05) is 26.8 Å². The van der Waals surface area contributed by atoms with Crippen molar-refractivity contribution in [1.29, 1.82) is 0 Å². The molecule has 1 amide bonds. The second-order valence-electron chi connectivity index (χ2n) is 4.95. The number of nitrogens with zero attached hydrogens (tertiary/aromatic N) is 2. The van der Waals surface area contributed by atoms with Crippen LogP contribution in [0.2, 0.25) is 5.28 Å². The van der Waals surface area contributed by atoms with Gasteiger partial charge in [0.25, 0.3) is 0 Å². The fraction of sp³-hybridized carbons (Fsp3) is 0.462. The molecule has 2 rings (SSSR count). The largest absolute Gasteiger partial charge is 0.358 e. The van der Waals surface area contributed by atoms with E-state index in [0.717, 1.165) is 15.1 Å². The third-order valence-corrected chi connectivity index (χ3v) is 3.78. The monoisotopic (exact) mass is 312 g/mol. The Morgan fingerprint density at radius 1 is 1.35 bits per heavy atom. The van der Waals surface area contributed by atoms with Crippen molar-refractivity contribution in [1.82, 2.24) is 15.3 Å². The summed E-state index contributed by atoms with van der Waals surface area (Å²) in [5, 5.41) is 7.03. The second-order valence-corrected chi connectivity index (χ2v) is 6.52. The third kappa shape index (κ3) is 3.37. The zero-order valence-electron chi connectivity index (χ0n) is 11.8. The Bertz CT molecular complexity index is 641. The van der Waals surface area contributed by atoms with Crippen molar-refractivity contribution in [2.24, 2.45) is 0 Å². The van der Waals surface area contributed by atoms with Gasteiger partial charge in [-0.25, -0.2) is 9.97 Å². The molecule has 0 radical (unpaired) electrons. The molecule has 1 atom stereocenters. The second kappa shape index (κ2) is 5.93. The number of rotatable bonds is 4. The number of anilines is 1. The van der Waals surface area contributed by atoms with Crippen LogP contribution in [0.4, 0.5) is 5.82 Å². The molecule has 7 heteroatoms. The van der Waals surface area contributed by atoms with Gasteiger partial charge in [-0.1, -0.05) is 0 Å². The normalized spacial score (nSPS) is 12.7. The summed E-state index contributed by atoms with van der Waals surface area (Å²) in [4.78, 5) is 22.3. The van der Waals surface area contributed by atoms with Gasteiger partial charge < -0.3 is 10.6 Å². The van der Waals surface area contributed by atoms with Crippen molar-refractivity contribution < 1.29 is 4.79 Å². The quantitative estimate of drug-likeness (QED) is 0.852. The standard InChI is InChI=1S/C13H17ClN4OS/c1-6(2)15-11(19)8(4)16-10-9-5-7(3)20-12(9)18-13(14)17-10/h5-6,8H,1-4H3,(H,15,19)(H,16,17,18). The summed E-state index contributed by atoms with van der Waals surface area (Å²) in [6, 6.07) is 1.70. The first-order valence-corrected chi connectivity index (χ1v) is 7.57. The number of thiophene rings is 1. The molecular formula is C13H17ClN4OS. The molecule has 2 heterocycles. The van der Waals surface area contributed by atoms with Crippen LogP contribution in [0.3, 0.4) is 0 Å². The number of hydrogen-bond donors (Lipinski definition) is 2. The van der Waals surface area contributed by atoms with Crippen molar-refractivity contribution in [2.45, 2.75) is 39.8 Å². The minimum Gasteiger partial charge on any atom is -0.358 e. The first-order valence-electron chi connectivity index (χ1n) is 6.37. The van der Waals surface area contributed by atoms with Crippen molar-refractivity contribution in [2.75, 3.05) is 5.32 Å². The predicted octanol–water partition coefficient (Wildman–Crippen LogP) is 2.98. The maximum Gasteiger partial charge on any atom is 0.242 e. The molecule has 0 aliphatic carbocycles. The van der Waals surface area contributed by atoms with E-state index in [9.17, 15) is 4.79 Å². The van der Waals surface area contributed by atoms with E-state index in [1.165, 1.54) is 0 Å². The van der Waals surface area contributed by atoms with Gasteiger partial charge in [0.05, 0.1) is 5.39 Å². The highest BCUT2D eigenvalue weighted by molar-refractivity contribution is 7.18. The minimum absolute atomic E-state index is 0.0742. The lowest BCUT2D eigenvalue weighted by molar-refractivity contribution is -0.122. The molecule has 0 bridgehead atoms. The maximum atomic E-state index is 11.9. The molecule has 0 aromatic carbocycles. The Morgan fingerprint density at radius 2 is 2.05 bits per heavy atom. The summed E-state index contributed by atoms with van der Waals surface area (Å²) in [6.45, 7) is 7.64. The lowest BCUT2D eigenvalue weighted by Gasteiger charge is -2.16. The summed E-state index contributed by atoms with van der Waals surface area (Å²) < 4.78 is 0. The number of aromatic nitrogens is 2. The van der Waals surface area contributed by atoms with Crippen LogP contribution in [0, 0.1) is 6.92 Å². The molecule has 0 saturated carbocycles. The Hall–Kier alpha value is -1.40. The fourth-order valence-electron chi connectivity index (χ4n) is 1.81. The van der Waals surface area contributed by atoms with Crippen LogP contribution in [-0.4, -0.2) is 28.0 Å². The molecule has 20 heavy (non-hydrogen) atoms. The van der Waals surface area contributed by atoms with E-state index in [2.05, 4.69) is 20.6 Å². The van der Waals surface area contributed by atoms with E-state index in [0.29, 0.717) is 5.82 Å². The number of aryl methyl sites for hydroxylation is 1. The summed E-state index contributed by atoms with van der Waals surface area (Å²) in [5.41, 5.74) is 0. The van der Waals surface area contributed by atoms with E-state index >= 15 is 0 Å². The van der Waals surface area contributed by atoms with Crippen molar-refractivity contribution in [3.8, 4) is 0 Å². The van der Waals surface area contributed by atoms with Gasteiger partial charge >= 0.3 is 0 Å². The summed E-state index contributed by atoms with van der Waals surface area (Å²) >= 11 is 7.47. The molecule has 1 unspecified atom stereocenters. The molecule has 108 valence electrons. The Morgan fingerprint density at radius 3 is 2.70 bits per heavy atom. The molecule has 0 aliphatic rings. The van der Waals surface area contributed by atoms with Gasteiger partial charge in [-0.3, -0.25) is 4.79 Å². The number of halogens is 1. The predicted molar refractivity (Wildman–Crippen MR) is 83.5 cm³/mol. The number of carbonyl (C=O) groups is 1. The molecule has 0 aliphatic heterocycles. The molecule has 0 fully saturated rings. The van der Waals surface area contributed by atoms with Gasteiger partial charge in [-0.2, -0.15) is 0 Å². The molecule has 0 saturated heterocycles. The van der Waals surface area contributed by atoms with Gasteiger partial charge in [-0.05, 0) is 45.4 Å². The number of hydrogen-bond acceptors (Lipinski definition) is 5. The summed E-state index contributed by atoms with van der Waals surface area (Å²) in [7, 11) is 0. The van der Waals surface area contributed by atoms with Gasteiger partial charge in [0, 0.05) is 10.9 Å². The van der Waals surface area contributed by atoms with Crippen molar-refractivity contribution in [3.05, 3.63) is 16.2 Å². The lowest BCUT2D eigenvalue weighted by Crippen LogP contribution is -2.41. The molecule has 5 nitrogen and oxygen atoms in total. The molecule has 2 aromatic heterocycles. The van der Waals surface area contributed by atoms with Gasteiger partial charge in [0.1, 0.15) is 16.7 Å². The SMILES string of the molecule is Cc1cc2c(NC(C)C(=O)NC(C)C)nc(Cl)nc2s1. The van der Waals surface area contributed by atoms with E-state index in [4.69, 9.17) is 11.6 Å². The number of fused-ring (bicyclic) bond motifs is 1. The van der Waals surface area contributed by atoms with Crippen LogP contribution in [0.1, 0.15) is 25.6 Å². The fourth-order valence-corrected chi connectivity index (χ4v) is 2.90. The molecule has 2 aromatic rings. The van der Waals surface area contributed by atoms with Crippen LogP contribution in [-0.2, 0) is 4.79 Å². The molecular weight excluding hydrogens is 296 g/mol. The van der Waals surface area contributed by atoms with Crippen LogP contribution in [0.5, 0.6) is 0 Å². The van der Waals surface area contributed by atoms with Crippen LogP contribution in [0.25, 0.3) is 10.2 Å². The van der Waals surface area contributed by atoms with Crippen molar-refractivity contribution in [3.63, 3.8) is 0 Å². The molecule has 2 N–H and O–H groups in total. The topological polar surface area (TPSA) is 66.9 Å². The van der Waals surface area contributed by atoms with Crippen LogP contribution in [0.15, 0.2) is 6.07 Å². The van der Waals surface area contributed by atoms with E-state index in [-0.39, 0.29) is 17.2 Å². The highest BCUT2D eigenvalue weighted by atomic mass is 35.5. The summed E-state index contributed by atoms with van der Waals surface area (Å²) in [6.07, 6.45) is 0.